The zero-order chi connectivity index (χ0) is 11.1. The van der Waals surface area contributed by atoms with Gasteiger partial charge in [-0.05, 0) is 12.1 Å². The third kappa shape index (κ3) is 1.05. The molecular weight excluding hydrogens is 204 g/mol. The van der Waals surface area contributed by atoms with Crippen molar-refractivity contribution < 1.29 is 9.46 Å². The van der Waals surface area contributed by atoms with Crippen molar-refractivity contribution in [3.05, 3.63) is 58.8 Å². The molecule has 3 heteroatoms. The Balaban J connectivity index is 2.73. The molecule has 3 aromatic rings. The first kappa shape index (κ1) is 8.97. The third-order valence-electron chi connectivity index (χ3n) is 2.66. The molecule has 0 saturated carbocycles. The molecule has 0 amide bonds. The van der Waals surface area contributed by atoms with E-state index in [9.17, 15) is 10.1 Å². The zero-order valence-corrected chi connectivity index (χ0v) is 8.34. The molecular formula is C13H8O3. The standard InChI is InChI=1S/C13H8O3/c14-13-9-5-1-3-7-11(9)16(15)12-8-4-2-6-10(12)13/h1-8H. The van der Waals surface area contributed by atoms with Crippen LogP contribution in [0.3, 0.4) is 0 Å². The molecule has 0 saturated heterocycles. The average molecular weight is 212 g/mol. The molecule has 0 aliphatic heterocycles. The first-order valence-electron chi connectivity index (χ1n) is 4.93. The van der Waals surface area contributed by atoms with E-state index in [1.807, 2.05) is 0 Å². The van der Waals surface area contributed by atoms with Gasteiger partial charge in [-0.1, -0.05) is 24.3 Å². The summed E-state index contributed by atoms with van der Waals surface area (Å²) < 4.78 is 1.69. The highest BCUT2D eigenvalue weighted by Gasteiger charge is 2.13. The van der Waals surface area contributed by atoms with E-state index in [0.717, 1.165) is 0 Å². The second kappa shape index (κ2) is 3.10. The van der Waals surface area contributed by atoms with Gasteiger partial charge in [-0.15, -0.1) is 0 Å². The molecule has 0 unspecified atom stereocenters. The smallest absolute Gasteiger partial charge is 0.292 e. The van der Waals surface area contributed by atoms with Gasteiger partial charge in [0.05, 0.1) is 0 Å². The minimum atomic E-state index is -0.106. The van der Waals surface area contributed by atoms with Crippen molar-refractivity contribution in [1.29, 1.82) is 0 Å². The van der Waals surface area contributed by atoms with Crippen molar-refractivity contribution >= 4 is 21.9 Å². The quantitative estimate of drug-likeness (QED) is 0.323. The predicted molar refractivity (Wildman–Crippen MR) is 60.0 cm³/mol. The van der Waals surface area contributed by atoms with Gasteiger partial charge in [0.15, 0.2) is 0 Å². The zero-order valence-electron chi connectivity index (χ0n) is 8.34. The van der Waals surface area contributed by atoms with Gasteiger partial charge in [0.2, 0.25) is 5.43 Å². The maximum absolute atomic E-state index is 12.1. The lowest BCUT2D eigenvalue weighted by atomic mass is 10.1. The van der Waals surface area contributed by atoms with E-state index in [1.54, 1.807) is 52.7 Å². The first-order valence-corrected chi connectivity index (χ1v) is 4.93. The van der Waals surface area contributed by atoms with Crippen LogP contribution in [0.4, 0.5) is 0 Å². The van der Waals surface area contributed by atoms with Crippen LogP contribution in [0.25, 0.3) is 21.9 Å². The highest BCUT2D eigenvalue weighted by molar-refractivity contribution is 5.89. The largest absolute Gasteiger partial charge is 0.555 e. The second-order valence-electron chi connectivity index (χ2n) is 3.59. The van der Waals surface area contributed by atoms with E-state index in [2.05, 4.69) is 0 Å². The Kier molecular flexibility index (Phi) is 1.74. The van der Waals surface area contributed by atoms with Crippen molar-refractivity contribution in [3.63, 3.8) is 0 Å². The minimum absolute atomic E-state index is 0.106. The Hall–Kier alpha value is -2.29. The lowest BCUT2D eigenvalue weighted by Gasteiger charge is -2.09. The van der Waals surface area contributed by atoms with Gasteiger partial charge in [0, 0.05) is 12.1 Å². The van der Waals surface area contributed by atoms with Gasteiger partial charge in [0.1, 0.15) is 10.8 Å². The van der Waals surface area contributed by atoms with Gasteiger partial charge in [0.25, 0.3) is 11.2 Å². The molecule has 0 aliphatic rings. The summed E-state index contributed by atoms with van der Waals surface area (Å²) >= 11 is 0. The molecule has 16 heavy (non-hydrogen) atoms. The van der Waals surface area contributed by atoms with Crippen LogP contribution in [-0.4, -0.2) is 0 Å². The van der Waals surface area contributed by atoms with E-state index >= 15 is 0 Å². The second-order valence-corrected chi connectivity index (χ2v) is 3.59. The van der Waals surface area contributed by atoms with Gasteiger partial charge in [-0.25, -0.2) is 0 Å². The number of benzene rings is 2. The molecule has 0 aliphatic carbocycles. The van der Waals surface area contributed by atoms with Gasteiger partial charge < -0.3 is 9.46 Å². The van der Waals surface area contributed by atoms with Crippen LogP contribution >= 0.6 is 0 Å². The summed E-state index contributed by atoms with van der Waals surface area (Å²) in [5.41, 5.74) is 0.572. The summed E-state index contributed by atoms with van der Waals surface area (Å²) in [5.74, 6) is 0. The van der Waals surface area contributed by atoms with E-state index in [-0.39, 0.29) is 5.43 Å². The lowest BCUT2D eigenvalue weighted by molar-refractivity contribution is -0.678. The van der Waals surface area contributed by atoms with Crippen LogP contribution in [-0.2, 0) is 0 Å². The molecule has 0 spiro atoms. The average Bonchev–Trinajstić information content (AvgIpc) is 2.36. The minimum Gasteiger partial charge on any atom is -0.555 e. The Labute approximate surface area is 90.8 Å². The van der Waals surface area contributed by atoms with Crippen molar-refractivity contribution in [2.75, 3.05) is 0 Å². The van der Waals surface area contributed by atoms with Gasteiger partial charge in [-0.3, -0.25) is 4.79 Å². The van der Waals surface area contributed by atoms with Crippen molar-refractivity contribution in [2.24, 2.45) is 0 Å². The summed E-state index contributed by atoms with van der Waals surface area (Å²) in [6.45, 7) is 0. The fraction of sp³-hybridized carbons (Fsp3) is 0. The molecule has 0 radical (unpaired) electrons. The van der Waals surface area contributed by atoms with Gasteiger partial charge >= 0.3 is 0 Å². The van der Waals surface area contributed by atoms with Gasteiger partial charge in [-0.2, -0.15) is 0 Å². The molecule has 0 atom stereocenters. The van der Waals surface area contributed by atoms with Crippen molar-refractivity contribution in [1.82, 2.24) is 0 Å². The molecule has 2 aromatic carbocycles. The Bertz CT molecular complexity index is 681. The summed E-state index contributed by atoms with van der Waals surface area (Å²) in [7, 11) is 0. The van der Waals surface area contributed by atoms with Crippen molar-refractivity contribution in [2.45, 2.75) is 0 Å². The maximum atomic E-state index is 12.1. The van der Waals surface area contributed by atoms with E-state index < -0.39 is 0 Å². The van der Waals surface area contributed by atoms with Crippen LogP contribution in [0.2, 0.25) is 0 Å². The topological polar surface area (TPSA) is 42.8 Å². The molecule has 0 N–H and O–H groups in total. The molecule has 3 nitrogen and oxygen atoms in total. The molecule has 1 heterocycles. The number of fused-ring (bicyclic) bond motifs is 2. The Morgan fingerprint density at radius 3 is 1.75 bits per heavy atom. The normalized spacial score (nSPS) is 11.0. The summed E-state index contributed by atoms with van der Waals surface area (Å²) in [4.78, 5) is 12.1. The summed E-state index contributed by atoms with van der Waals surface area (Å²) in [6.07, 6.45) is 0. The number of rotatable bonds is 0. The van der Waals surface area contributed by atoms with Crippen LogP contribution in [0, 0.1) is 0 Å². The van der Waals surface area contributed by atoms with Crippen LogP contribution < -0.4 is 10.7 Å². The van der Waals surface area contributed by atoms with E-state index in [4.69, 9.17) is 0 Å². The third-order valence-corrected chi connectivity index (χ3v) is 2.66. The summed E-state index contributed by atoms with van der Waals surface area (Å²) in [5, 5.41) is 12.8. The number of hydrogen-bond donors (Lipinski definition) is 0. The molecule has 1 aromatic heterocycles. The van der Waals surface area contributed by atoms with Crippen LogP contribution in [0.15, 0.2) is 57.5 Å². The number of hydrogen-bond acceptors (Lipinski definition) is 2. The first-order chi connectivity index (χ1) is 7.79. The van der Waals surface area contributed by atoms with E-state index in [0.29, 0.717) is 21.9 Å². The van der Waals surface area contributed by atoms with Crippen molar-refractivity contribution in [3.8, 4) is 0 Å². The monoisotopic (exact) mass is 212 g/mol. The Morgan fingerprint density at radius 1 is 0.812 bits per heavy atom. The SMILES string of the molecule is O=c1c2ccccc2[o+]([O-])c2ccccc12. The lowest BCUT2D eigenvalue weighted by Crippen LogP contribution is -2.10. The highest BCUT2D eigenvalue weighted by atomic mass is 17.1. The highest BCUT2D eigenvalue weighted by Crippen LogP contribution is 2.20. The molecule has 3 rings (SSSR count). The molecule has 0 fully saturated rings. The van der Waals surface area contributed by atoms with E-state index in [1.165, 1.54) is 0 Å². The van der Waals surface area contributed by atoms with Crippen LogP contribution in [0.1, 0.15) is 0 Å². The van der Waals surface area contributed by atoms with Crippen LogP contribution in [0.5, 0.6) is 0 Å². The Morgan fingerprint density at radius 2 is 1.25 bits per heavy atom. The predicted octanol–water partition coefficient (Wildman–Crippen LogP) is 1.76. The maximum Gasteiger partial charge on any atom is 0.292 e. The molecule has 78 valence electrons. The number of para-hydroxylation sites is 2. The summed E-state index contributed by atoms with van der Waals surface area (Å²) in [6, 6.07) is 13.5. The fourth-order valence-electron chi connectivity index (χ4n) is 1.90. The fourth-order valence-corrected chi connectivity index (χ4v) is 1.90. The molecule has 0 bridgehead atoms.